The highest BCUT2D eigenvalue weighted by molar-refractivity contribution is 4.92. The molecule has 0 aromatic heterocycles. The van der Waals surface area contributed by atoms with Crippen molar-refractivity contribution in [3.63, 3.8) is 0 Å². The number of rotatable bonds is 1. The van der Waals surface area contributed by atoms with Gasteiger partial charge >= 0.3 is 0 Å². The molecule has 1 heterocycles. The van der Waals surface area contributed by atoms with Crippen molar-refractivity contribution in [3.05, 3.63) is 0 Å². The third-order valence-corrected chi connectivity index (χ3v) is 3.25. The zero-order valence-electron chi connectivity index (χ0n) is 9.84. The summed E-state index contributed by atoms with van der Waals surface area (Å²) in [4.78, 5) is 0. The Balaban J connectivity index is 2.90. The second-order valence-corrected chi connectivity index (χ2v) is 5.49. The highest BCUT2D eigenvalue weighted by Gasteiger charge is 2.47. The van der Waals surface area contributed by atoms with Crippen LogP contribution in [0, 0.1) is 17.3 Å². The van der Waals surface area contributed by atoms with Gasteiger partial charge in [0, 0.05) is 11.8 Å². The normalized spacial score (nSPS) is 43.0. The molecule has 1 aliphatic rings. The predicted molar refractivity (Wildman–Crippen MR) is 56.1 cm³/mol. The van der Waals surface area contributed by atoms with Crippen LogP contribution in [0.2, 0.25) is 0 Å². The fraction of sp³-hybridized carbons (Fsp3) is 1.00. The van der Waals surface area contributed by atoms with E-state index < -0.39 is 18.5 Å². The van der Waals surface area contributed by atoms with E-state index in [9.17, 15) is 15.3 Å². The van der Waals surface area contributed by atoms with Crippen molar-refractivity contribution in [2.24, 2.45) is 17.3 Å². The van der Waals surface area contributed by atoms with Gasteiger partial charge in [0.05, 0.1) is 18.8 Å². The van der Waals surface area contributed by atoms with Crippen LogP contribution in [0.25, 0.3) is 0 Å². The molecule has 3 N–H and O–H groups in total. The van der Waals surface area contributed by atoms with Crippen LogP contribution in [0.15, 0.2) is 0 Å². The molecule has 0 spiro atoms. The van der Waals surface area contributed by atoms with Crippen LogP contribution < -0.4 is 0 Å². The first-order valence-electron chi connectivity index (χ1n) is 5.41. The second-order valence-electron chi connectivity index (χ2n) is 5.49. The zero-order chi connectivity index (χ0) is 11.8. The predicted octanol–water partition coefficient (Wildman–Crippen LogP) is 0.355. The van der Waals surface area contributed by atoms with Gasteiger partial charge in [0.1, 0.15) is 0 Å². The summed E-state index contributed by atoms with van der Waals surface area (Å²) < 4.78 is 5.30. The Bertz CT molecular complexity index is 209. The van der Waals surface area contributed by atoms with Gasteiger partial charge in [-0.05, 0) is 5.41 Å². The first kappa shape index (κ1) is 12.9. The topological polar surface area (TPSA) is 69.9 Å². The number of aliphatic hydroxyl groups excluding tert-OH is 3. The summed E-state index contributed by atoms with van der Waals surface area (Å²) in [6.45, 7) is 7.57. The van der Waals surface area contributed by atoms with E-state index in [4.69, 9.17) is 4.74 Å². The summed E-state index contributed by atoms with van der Waals surface area (Å²) in [6, 6.07) is 0. The van der Waals surface area contributed by atoms with Crippen molar-refractivity contribution in [1.29, 1.82) is 0 Å². The Hall–Kier alpha value is -0.160. The van der Waals surface area contributed by atoms with Gasteiger partial charge in [0.2, 0.25) is 0 Å². The lowest BCUT2D eigenvalue weighted by molar-refractivity contribution is -0.265. The molecule has 0 amide bonds. The van der Waals surface area contributed by atoms with E-state index >= 15 is 0 Å². The van der Waals surface area contributed by atoms with Crippen LogP contribution in [-0.4, -0.2) is 40.4 Å². The Labute approximate surface area is 90.9 Å². The van der Waals surface area contributed by atoms with Crippen molar-refractivity contribution >= 4 is 0 Å². The molecule has 5 atom stereocenters. The third kappa shape index (κ3) is 2.50. The Morgan fingerprint density at radius 2 is 1.73 bits per heavy atom. The first-order valence-corrected chi connectivity index (χ1v) is 5.41. The molecular formula is C11H22O4. The number of aliphatic hydroxyl groups is 3. The number of hydrogen-bond acceptors (Lipinski definition) is 4. The van der Waals surface area contributed by atoms with Crippen LogP contribution in [0.3, 0.4) is 0 Å². The van der Waals surface area contributed by atoms with Gasteiger partial charge in [-0.15, -0.1) is 0 Å². The summed E-state index contributed by atoms with van der Waals surface area (Å²) in [5, 5.41) is 28.8. The van der Waals surface area contributed by atoms with Gasteiger partial charge in [0.25, 0.3) is 0 Å². The van der Waals surface area contributed by atoms with Gasteiger partial charge in [0.15, 0.2) is 6.29 Å². The maximum atomic E-state index is 10.1. The standard InChI is InChI=1S/C11H22O4/c1-6-9(13)8(11(2,3)4)7(5-12)15-10(6)14/h6-10,12-14H,5H2,1-4H3/t6?,7?,8-,9-,10?/m1/s1. The molecule has 90 valence electrons. The first-order chi connectivity index (χ1) is 6.79. The molecule has 1 aliphatic heterocycles. The Kier molecular flexibility index (Phi) is 3.76. The van der Waals surface area contributed by atoms with Crippen molar-refractivity contribution in [3.8, 4) is 0 Å². The van der Waals surface area contributed by atoms with Gasteiger partial charge in [-0.3, -0.25) is 0 Å². The molecule has 0 aliphatic carbocycles. The molecule has 3 unspecified atom stereocenters. The lowest BCUT2D eigenvalue weighted by Crippen LogP contribution is -2.55. The highest BCUT2D eigenvalue weighted by Crippen LogP contribution is 2.40. The molecule has 0 aromatic carbocycles. The van der Waals surface area contributed by atoms with Crippen LogP contribution in [0.5, 0.6) is 0 Å². The molecule has 0 radical (unpaired) electrons. The molecule has 4 heteroatoms. The quantitative estimate of drug-likeness (QED) is 0.594. The van der Waals surface area contributed by atoms with Gasteiger partial charge in [-0.25, -0.2) is 0 Å². The average Bonchev–Trinajstić information content (AvgIpc) is 2.11. The summed E-state index contributed by atoms with van der Waals surface area (Å²) in [7, 11) is 0. The van der Waals surface area contributed by atoms with Crippen LogP contribution in [0.4, 0.5) is 0 Å². The molecule has 15 heavy (non-hydrogen) atoms. The second kappa shape index (κ2) is 4.37. The fourth-order valence-corrected chi connectivity index (χ4v) is 2.33. The van der Waals surface area contributed by atoms with E-state index in [1.807, 2.05) is 20.8 Å². The molecule has 1 rings (SSSR count). The molecule has 4 nitrogen and oxygen atoms in total. The Morgan fingerprint density at radius 1 is 1.20 bits per heavy atom. The maximum absolute atomic E-state index is 10.1. The lowest BCUT2D eigenvalue weighted by Gasteiger charge is -2.47. The molecule has 1 saturated heterocycles. The molecule has 0 aromatic rings. The van der Waals surface area contributed by atoms with Crippen LogP contribution in [0.1, 0.15) is 27.7 Å². The minimum Gasteiger partial charge on any atom is -0.394 e. The summed E-state index contributed by atoms with van der Waals surface area (Å²) >= 11 is 0. The molecule has 0 bridgehead atoms. The fourth-order valence-electron chi connectivity index (χ4n) is 2.33. The molecule has 0 saturated carbocycles. The van der Waals surface area contributed by atoms with Crippen molar-refractivity contribution in [2.75, 3.05) is 6.61 Å². The smallest absolute Gasteiger partial charge is 0.160 e. The summed E-state index contributed by atoms with van der Waals surface area (Å²) in [6.07, 6.45) is -2.13. The minimum absolute atomic E-state index is 0.165. The zero-order valence-corrected chi connectivity index (χ0v) is 9.84. The van der Waals surface area contributed by atoms with Crippen molar-refractivity contribution < 1.29 is 20.1 Å². The average molecular weight is 218 g/mol. The van der Waals surface area contributed by atoms with Crippen molar-refractivity contribution in [2.45, 2.75) is 46.2 Å². The van der Waals surface area contributed by atoms with E-state index in [0.717, 1.165) is 0 Å². The Morgan fingerprint density at radius 3 is 2.13 bits per heavy atom. The van der Waals surface area contributed by atoms with Crippen molar-refractivity contribution in [1.82, 2.24) is 0 Å². The summed E-state index contributed by atoms with van der Waals surface area (Å²) in [5.41, 5.74) is -0.165. The van der Waals surface area contributed by atoms with Crippen LogP contribution >= 0.6 is 0 Å². The van der Waals surface area contributed by atoms with E-state index in [-0.39, 0.29) is 23.9 Å². The van der Waals surface area contributed by atoms with E-state index in [0.29, 0.717) is 0 Å². The SMILES string of the molecule is CC1C(O)OC(CO)[C@@H](C(C)(C)C)[C@@H]1O. The van der Waals surface area contributed by atoms with E-state index in [1.54, 1.807) is 6.92 Å². The summed E-state index contributed by atoms with van der Waals surface area (Å²) in [5.74, 6) is -0.488. The van der Waals surface area contributed by atoms with Crippen LogP contribution in [-0.2, 0) is 4.74 Å². The van der Waals surface area contributed by atoms with E-state index in [1.165, 1.54) is 0 Å². The maximum Gasteiger partial charge on any atom is 0.160 e. The van der Waals surface area contributed by atoms with Gasteiger partial charge < -0.3 is 20.1 Å². The van der Waals surface area contributed by atoms with E-state index in [2.05, 4.69) is 0 Å². The third-order valence-electron chi connectivity index (χ3n) is 3.25. The highest BCUT2D eigenvalue weighted by atomic mass is 16.6. The minimum atomic E-state index is -0.990. The largest absolute Gasteiger partial charge is 0.394 e. The number of hydrogen-bond donors (Lipinski definition) is 3. The number of ether oxygens (including phenoxy) is 1. The monoisotopic (exact) mass is 218 g/mol. The van der Waals surface area contributed by atoms with Gasteiger partial charge in [-0.1, -0.05) is 27.7 Å². The van der Waals surface area contributed by atoms with Gasteiger partial charge in [-0.2, -0.15) is 0 Å². The lowest BCUT2D eigenvalue weighted by atomic mass is 9.69. The molecular weight excluding hydrogens is 196 g/mol. The molecule has 1 fully saturated rings.